The Hall–Kier alpha value is -7.52. The minimum atomic E-state index is -1.56. The number of carboxylic acid groups (broad SMARTS) is 1. The first-order valence-electron chi connectivity index (χ1n) is 21.0. The summed E-state index contributed by atoms with van der Waals surface area (Å²) in [4.78, 5) is 51.8. The lowest BCUT2D eigenvalue weighted by Gasteiger charge is -2.48. The van der Waals surface area contributed by atoms with Crippen molar-refractivity contribution in [1.82, 2.24) is 15.2 Å². The van der Waals surface area contributed by atoms with Crippen molar-refractivity contribution in [3.05, 3.63) is 226 Å². The van der Waals surface area contributed by atoms with Gasteiger partial charge in [-0.15, -0.1) is 23.1 Å². The third-order valence-corrected chi connectivity index (χ3v) is 13.6. The van der Waals surface area contributed by atoms with Gasteiger partial charge in [-0.2, -0.15) is 0 Å². The van der Waals surface area contributed by atoms with Gasteiger partial charge in [0.05, 0.1) is 12.3 Å². The monoisotopic (exact) mass is 913 g/mol. The summed E-state index contributed by atoms with van der Waals surface area (Å²) in [6.07, 6.45) is -0.548. The number of ether oxygens (including phenoxy) is 2. The van der Waals surface area contributed by atoms with Gasteiger partial charge in [-0.05, 0) is 16.7 Å². The van der Waals surface area contributed by atoms with Crippen molar-refractivity contribution < 1.29 is 33.8 Å². The number of thioether (sulfide) groups is 1. The zero-order chi connectivity index (χ0) is 45.5. The molecule has 0 spiro atoms. The quantitative estimate of drug-likeness (QED) is 0.0281. The van der Waals surface area contributed by atoms with Crippen molar-refractivity contribution in [2.24, 2.45) is 5.16 Å². The lowest BCUT2D eigenvalue weighted by molar-refractivity contribution is -0.148. The first-order valence-corrected chi connectivity index (χ1v) is 23.0. The number of hydrogen-bond donors (Lipinski definition) is 3. The second kappa shape index (κ2) is 19.3. The topological polar surface area (TPSA) is 152 Å². The van der Waals surface area contributed by atoms with E-state index in [0.717, 1.165) is 39.6 Å². The first-order chi connectivity index (χ1) is 32.3. The third kappa shape index (κ3) is 8.33. The Morgan fingerprint density at radius 3 is 1.82 bits per heavy atom. The lowest BCUT2D eigenvalue weighted by Crippen LogP contribution is -2.70. The Bertz CT molecular complexity index is 2750. The average Bonchev–Trinajstić information content (AvgIpc) is 3.84. The van der Waals surface area contributed by atoms with Gasteiger partial charge in [0.1, 0.15) is 23.2 Å². The molecule has 2 amide bonds. The first kappa shape index (κ1) is 43.7. The molecule has 66 heavy (non-hydrogen) atoms. The molecule has 9 rings (SSSR count). The number of nitrogens with one attached hydrogen (secondary N) is 2. The van der Waals surface area contributed by atoms with Crippen LogP contribution in [0.25, 0.3) is 11.3 Å². The van der Waals surface area contributed by atoms with Crippen LogP contribution in [-0.4, -0.2) is 70.1 Å². The molecule has 12 nitrogen and oxygen atoms in total. The van der Waals surface area contributed by atoms with Crippen LogP contribution in [0.4, 0.5) is 9.93 Å². The molecular weight excluding hydrogens is 871 g/mol. The van der Waals surface area contributed by atoms with Crippen LogP contribution in [0.5, 0.6) is 0 Å². The van der Waals surface area contributed by atoms with E-state index in [4.69, 9.17) is 19.3 Å². The van der Waals surface area contributed by atoms with Crippen LogP contribution in [0, 0.1) is 0 Å². The van der Waals surface area contributed by atoms with Gasteiger partial charge in [-0.3, -0.25) is 14.5 Å². The van der Waals surface area contributed by atoms with E-state index in [9.17, 15) is 19.5 Å². The minimum Gasteiger partial charge on any atom is -0.449 e. The van der Waals surface area contributed by atoms with E-state index in [-0.39, 0.29) is 12.5 Å². The number of thiazole rings is 1. The zero-order valence-electron chi connectivity index (χ0n) is 35.5. The van der Waals surface area contributed by atoms with E-state index >= 15 is 0 Å². The summed E-state index contributed by atoms with van der Waals surface area (Å²) >= 11 is 2.85. The van der Waals surface area contributed by atoms with Crippen LogP contribution >= 0.6 is 23.1 Å². The van der Waals surface area contributed by atoms with E-state index in [1.807, 2.05) is 145 Å². The van der Waals surface area contributed by atoms with Gasteiger partial charge in [-0.1, -0.05) is 181 Å². The van der Waals surface area contributed by atoms with Crippen LogP contribution in [0.2, 0.25) is 0 Å². The van der Waals surface area contributed by atoms with Crippen LogP contribution in [-0.2, 0) is 35.0 Å². The smallest absolute Gasteiger partial charge is 0.449 e. The lowest BCUT2D eigenvalue weighted by atomic mass is 9.77. The fraction of sp³-hybridized carbons (Fsp3) is 0.135. The van der Waals surface area contributed by atoms with Crippen LogP contribution < -0.4 is 10.6 Å². The number of fused-ring (bicyclic) bond motifs is 1. The fourth-order valence-corrected chi connectivity index (χ4v) is 10.7. The fourth-order valence-electron chi connectivity index (χ4n) is 8.61. The highest BCUT2D eigenvalue weighted by Crippen LogP contribution is 2.47. The van der Waals surface area contributed by atoms with Crippen molar-refractivity contribution >= 4 is 52.4 Å². The van der Waals surface area contributed by atoms with Gasteiger partial charge in [0.25, 0.3) is 11.8 Å². The number of nitrogens with zero attached hydrogens (tertiary/aromatic N) is 3. The number of hydrogen-bond acceptors (Lipinski definition) is 11. The van der Waals surface area contributed by atoms with Gasteiger partial charge in [0, 0.05) is 46.1 Å². The number of carbonyl (C=O) groups excluding carboxylic acids is 2. The molecular formula is C52H43N5O7S2. The molecule has 2 aliphatic rings. The maximum absolute atomic E-state index is 13.6. The Labute approximate surface area is 389 Å². The van der Waals surface area contributed by atoms with Gasteiger partial charge < -0.3 is 30.1 Å². The number of anilines is 1. The molecule has 330 valence electrons. The van der Waals surface area contributed by atoms with Gasteiger partial charge >= 0.3 is 6.16 Å². The molecule has 1 saturated heterocycles. The van der Waals surface area contributed by atoms with Crippen molar-refractivity contribution in [2.45, 2.75) is 22.6 Å². The zero-order valence-corrected chi connectivity index (χ0v) is 37.2. The number of rotatable bonds is 16. The normalized spacial score (nSPS) is 16.0. The number of aromatic nitrogens is 1. The summed E-state index contributed by atoms with van der Waals surface area (Å²) in [5.74, 6) is -0.962. The summed E-state index contributed by atoms with van der Waals surface area (Å²) < 4.78 is 10.2. The summed E-state index contributed by atoms with van der Waals surface area (Å²) in [5, 5.41) is 22.5. The number of amides is 2. The molecule has 0 bridgehead atoms. The van der Waals surface area contributed by atoms with E-state index < -0.39 is 40.5 Å². The summed E-state index contributed by atoms with van der Waals surface area (Å²) in [7, 11) is 1.47. The Balaban J connectivity index is 1.07. The largest absolute Gasteiger partial charge is 0.512 e. The predicted molar refractivity (Wildman–Crippen MR) is 256 cm³/mol. The number of carbonyl (C=O) groups is 3. The second-order valence-electron chi connectivity index (χ2n) is 15.4. The summed E-state index contributed by atoms with van der Waals surface area (Å²) in [6.45, 7) is 0.0822. The molecule has 1 aromatic heterocycles. The molecule has 2 atom stereocenters. The van der Waals surface area contributed by atoms with Crippen LogP contribution in [0.3, 0.4) is 0 Å². The van der Waals surface area contributed by atoms with E-state index in [0.29, 0.717) is 27.7 Å². The molecule has 6 aromatic carbocycles. The van der Waals surface area contributed by atoms with Crippen LogP contribution in [0.15, 0.2) is 198 Å². The van der Waals surface area contributed by atoms with E-state index in [2.05, 4.69) is 52.2 Å². The molecule has 0 aliphatic carbocycles. The maximum Gasteiger partial charge on any atom is 0.512 e. The van der Waals surface area contributed by atoms with Crippen molar-refractivity contribution in [2.75, 3.05) is 24.8 Å². The molecule has 1 fully saturated rings. The molecule has 3 N–H and O–H groups in total. The van der Waals surface area contributed by atoms with Crippen molar-refractivity contribution in [3.8, 4) is 11.3 Å². The molecule has 1 unspecified atom stereocenters. The van der Waals surface area contributed by atoms with Crippen LogP contribution in [0.1, 0.15) is 33.4 Å². The molecule has 0 saturated carbocycles. The number of benzene rings is 6. The highest BCUT2D eigenvalue weighted by molar-refractivity contribution is 8.00. The van der Waals surface area contributed by atoms with E-state index in [1.54, 1.807) is 0 Å². The Morgan fingerprint density at radius 2 is 1.29 bits per heavy atom. The van der Waals surface area contributed by atoms with Gasteiger partial charge in [0.2, 0.25) is 11.5 Å². The number of β-lactam (4-membered cyclic amide) rings is 1. The molecule has 3 heterocycles. The molecule has 7 aromatic rings. The van der Waals surface area contributed by atoms with Gasteiger partial charge in [-0.25, -0.2) is 9.78 Å². The molecule has 14 heteroatoms. The number of oxime groups is 1. The predicted octanol–water partition coefficient (Wildman–Crippen LogP) is 9.46. The highest BCUT2D eigenvalue weighted by Gasteiger charge is 2.54. The minimum absolute atomic E-state index is 0.0822. The van der Waals surface area contributed by atoms with Crippen molar-refractivity contribution in [3.63, 3.8) is 0 Å². The molecule has 0 radical (unpaired) electrons. The summed E-state index contributed by atoms with van der Waals surface area (Å²) in [5.41, 5.74) is 5.08. The van der Waals surface area contributed by atoms with Gasteiger partial charge in [0.15, 0.2) is 5.13 Å². The van der Waals surface area contributed by atoms with Crippen molar-refractivity contribution in [1.29, 1.82) is 0 Å². The SMILES string of the molecule is COCC1=C(OC(=O)O)N2C(=O)C(NC(=O)/C=N\OC(c3ccccc3)(c3ccccc3)c3ccccc3-c3csc(NC(c4ccccc4)(c4ccccc4)c4ccccc4)n3)[C@@H]2SC1. The number of methoxy groups -OCH3 is 1. The molecule has 2 aliphatic heterocycles. The standard InChI is InChI=1S/C52H43N5O7S2/c1-62-32-35-33-65-48-45(46(59)57(48)47(35)63-50(60)61)55-44(58)31-53-64-52(39-25-13-5-14-26-39,40-27-15-6-16-28-40)42-30-18-17-29-41(42)43-34-66-49(54-43)56-51(36-19-7-2-8-20-36,37-21-9-3-10-22-37)38-23-11-4-12-24-38/h2-31,34,45,48H,32-33H2,1H3,(H,54,56)(H,55,58)(H,60,61)/b53-31-/t45?,48-/m0/s1. The second-order valence-corrected chi connectivity index (χ2v) is 17.4. The Kier molecular flexibility index (Phi) is 12.8. The highest BCUT2D eigenvalue weighted by atomic mass is 32.2. The van der Waals surface area contributed by atoms with E-state index in [1.165, 1.54) is 35.1 Å². The maximum atomic E-state index is 13.6. The third-order valence-electron chi connectivity index (χ3n) is 11.5. The summed E-state index contributed by atoms with van der Waals surface area (Å²) in [6, 6.07) is 57.2. The Morgan fingerprint density at radius 1 is 0.773 bits per heavy atom. The average molecular weight is 914 g/mol.